The predicted molar refractivity (Wildman–Crippen MR) is 118 cm³/mol. The van der Waals surface area contributed by atoms with Crippen LogP contribution >= 0.6 is 0 Å². The maximum atomic E-state index is 12.5. The van der Waals surface area contributed by atoms with Gasteiger partial charge < -0.3 is 4.74 Å². The minimum Gasteiger partial charge on any atom is -0.461 e. The van der Waals surface area contributed by atoms with Crippen LogP contribution in [-0.2, 0) is 10.3 Å². The summed E-state index contributed by atoms with van der Waals surface area (Å²) >= 11 is 0. The molecule has 0 aliphatic heterocycles. The highest BCUT2D eigenvalue weighted by molar-refractivity contribution is 5.96. The third-order valence-corrected chi connectivity index (χ3v) is 5.26. The molecule has 31 heavy (non-hydrogen) atoms. The lowest BCUT2D eigenvalue weighted by Gasteiger charge is -2.36. The van der Waals surface area contributed by atoms with Gasteiger partial charge in [-0.1, -0.05) is 91.0 Å². The highest BCUT2D eigenvalue weighted by atomic mass is 16.5. The average molecular weight is 410 g/mol. The van der Waals surface area contributed by atoms with E-state index in [0.29, 0.717) is 6.29 Å². The van der Waals surface area contributed by atoms with Gasteiger partial charge in [-0.25, -0.2) is 4.79 Å². The van der Waals surface area contributed by atoms with Crippen LogP contribution in [0.2, 0.25) is 0 Å². The standard InChI is InChI=1S/C26H22N2O3/c1-2-31-25(30)24-20(19-29)18-28(27-24)26(21-12-6-3-7-13-21,22-14-8-4-9-15-22)23-16-10-5-11-17-23/h3-19H,2H2,1H3. The van der Waals surface area contributed by atoms with Crippen molar-refractivity contribution in [3.05, 3.63) is 125 Å². The van der Waals surface area contributed by atoms with Crippen LogP contribution < -0.4 is 0 Å². The van der Waals surface area contributed by atoms with E-state index >= 15 is 0 Å². The van der Waals surface area contributed by atoms with Gasteiger partial charge in [0.05, 0.1) is 12.2 Å². The number of esters is 1. The summed E-state index contributed by atoms with van der Waals surface area (Å²) in [6.07, 6.45) is 2.26. The first-order chi connectivity index (χ1) is 15.2. The first kappa shape index (κ1) is 20.3. The van der Waals surface area contributed by atoms with Gasteiger partial charge in [-0.05, 0) is 23.6 Å². The van der Waals surface area contributed by atoms with Gasteiger partial charge in [0.2, 0.25) is 0 Å². The van der Waals surface area contributed by atoms with Crippen molar-refractivity contribution in [1.82, 2.24) is 9.78 Å². The number of carbonyl (C=O) groups is 2. The Labute approximate surface area is 180 Å². The quantitative estimate of drug-likeness (QED) is 0.251. The SMILES string of the molecule is CCOC(=O)c1nn(C(c2ccccc2)(c2ccccc2)c2ccccc2)cc1C=O. The van der Waals surface area contributed by atoms with E-state index in [9.17, 15) is 9.59 Å². The molecule has 0 aliphatic rings. The lowest BCUT2D eigenvalue weighted by atomic mass is 9.77. The Morgan fingerprint density at radius 2 is 1.32 bits per heavy atom. The van der Waals surface area contributed by atoms with Crippen LogP contribution in [0.4, 0.5) is 0 Å². The molecule has 5 nitrogen and oxygen atoms in total. The van der Waals surface area contributed by atoms with Gasteiger partial charge in [-0.15, -0.1) is 0 Å². The van der Waals surface area contributed by atoms with Crippen molar-refractivity contribution in [2.75, 3.05) is 6.61 Å². The highest BCUT2D eigenvalue weighted by Gasteiger charge is 2.40. The van der Waals surface area contributed by atoms with Crippen molar-refractivity contribution in [3.8, 4) is 0 Å². The van der Waals surface area contributed by atoms with E-state index in [2.05, 4.69) is 5.10 Å². The fourth-order valence-electron chi connectivity index (χ4n) is 3.94. The van der Waals surface area contributed by atoms with E-state index in [4.69, 9.17) is 4.74 Å². The molecular formula is C26H22N2O3. The largest absolute Gasteiger partial charge is 0.461 e. The first-order valence-electron chi connectivity index (χ1n) is 10.1. The number of hydrogen-bond acceptors (Lipinski definition) is 4. The van der Waals surface area contributed by atoms with Crippen molar-refractivity contribution in [2.45, 2.75) is 12.5 Å². The number of nitrogens with zero attached hydrogens (tertiary/aromatic N) is 2. The molecule has 0 radical (unpaired) electrons. The number of aldehydes is 1. The Balaban J connectivity index is 2.09. The number of ether oxygens (including phenoxy) is 1. The van der Waals surface area contributed by atoms with E-state index < -0.39 is 11.5 Å². The molecule has 0 atom stereocenters. The number of hydrogen-bond donors (Lipinski definition) is 0. The van der Waals surface area contributed by atoms with E-state index in [1.54, 1.807) is 17.8 Å². The van der Waals surface area contributed by atoms with Crippen molar-refractivity contribution in [3.63, 3.8) is 0 Å². The van der Waals surface area contributed by atoms with Gasteiger partial charge >= 0.3 is 5.97 Å². The molecule has 0 aliphatic carbocycles. The van der Waals surface area contributed by atoms with Gasteiger partial charge in [-0.3, -0.25) is 9.48 Å². The first-order valence-corrected chi connectivity index (χ1v) is 10.1. The van der Waals surface area contributed by atoms with Gasteiger partial charge in [0.15, 0.2) is 12.0 Å². The minimum atomic E-state index is -0.897. The summed E-state index contributed by atoms with van der Waals surface area (Å²) in [7, 11) is 0. The van der Waals surface area contributed by atoms with Crippen LogP contribution in [0.25, 0.3) is 0 Å². The lowest BCUT2D eigenvalue weighted by molar-refractivity contribution is 0.0516. The van der Waals surface area contributed by atoms with Crippen LogP contribution in [0.1, 0.15) is 44.5 Å². The van der Waals surface area contributed by atoms with Crippen LogP contribution in [0.5, 0.6) is 0 Å². The molecule has 5 heteroatoms. The Bertz CT molecular complexity index is 1070. The van der Waals surface area contributed by atoms with Crippen LogP contribution in [-0.4, -0.2) is 28.6 Å². The molecule has 0 spiro atoms. The topological polar surface area (TPSA) is 61.2 Å². The monoisotopic (exact) mass is 410 g/mol. The summed E-state index contributed by atoms with van der Waals surface area (Å²) in [4.78, 5) is 24.3. The zero-order valence-corrected chi connectivity index (χ0v) is 17.1. The number of aromatic nitrogens is 2. The highest BCUT2D eigenvalue weighted by Crippen LogP contribution is 2.40. The van der Waals surface area contributed by atoms with Gasteiger partial charge in [0.1, 0.15) is 5.54 Å². The molecule has 154 valence electrons. The second kappa shape index (κ2) is 8.79. The Morgan fingerprint density at radius 3 is 1.71 bits per heavy atom. The molecule has 0 saturated carbocycles. The summed E-state index contributed by atoms with van der Waals surface area (Å²) in [6, 6.07) is 29.8. The van der Waals surface area contributed by atoms with E-state index in [1.807, 2.05) is 91.0 Å². The molecule has 1 heterocycles. The molecule has 0 amide bonds. The normalized spacial score (nSPS) is 11.1. The van der Waals surface area contributed by atoms with Crippen molar-refractivity contribution < 1.29 is 14.3 Å². The number of benzene rings is 3. The van der Waals surface area contributed by atoms with E-state index in [0.717, 1.165) is 16.7 Å². The van der Waals surface area contributed by atoms with Gasteiger partial charge in [0, 0.05) is 6.20 Å². The maximum absolute atomic E-state index is 12.5. The van der Waals surface area contributed by atoms with E-state index in [-0.39, 0.29) is 17.9 Å². The second-order valence-corrected chi connectivity index (χ2v) is 7.02. The van der Waals surface area contributed by atoms with E-state index in [1.165, 1.54) is 0 Å². The summed E-state index contributed by atoms with van der Waals surface area (Å²) in [5.41, 5.74) is 2.13. The Morgan fingerprint density at radius 1 is 0.871 bits per heavy atom. The molecular weight excluding hydrogens is 388 g/mol. The molecule has 3 aromatic carbocycles. The number of carbonyl (C=O) groups excluding carboxylic acids is 2. The molecule has 1 aromatic heterocycles. The molecule has 4 aromatic rings. The van der Waals surface area contributed by atoms with Gasteiger partial charge in [0.25, 0.3) is 0 Å². The summed E-state index contributed by atoms with van der Waals surface area (Å²) < 4.78 is 6.84. The lowest BCUT2D eigenvalue weighted by Crippen LogP contribution is -2.38. The molecule has 4 rings (SSSR count). The molecule has 0 N–H and O–H groups in total. The smallest absolute Gasteiger partial charge is 0.359 e. The fourth-order valence-corrected chi connectivity index (χ4v) is 3.94. The summed E-state index contributed by atoms with van der Waals surface area (Å²) in [5, 5.41) is 4.61. The third-order valence-electron chi connectivity index (χ3n) is 5.26. The summed E-state index contributed by atoms with van der Waals surface area (Å²) in [5.74, 6) is -0.619. The average Bonchev–Trinajstić information content (AvgIpc) is 3.27. The predicted octanol–water partition coefficient (Wildman–Crippen LogP) is 4.71. The minimum absolute atomic E-state index is 0.00372. The van der Waals surface area contributed by atoms with Crippen molar-refractivity contribution in [2.24, 2.45) is 0 Å². The van der Waals surface area contributed by atoms with Crippen molar-refractivity contribution >= 4 is 12.3 Å². The fraction of sp³-hybridized carbons (Fsp3) is 0.115. The third kappa shape index (κ3) is 3.55. The van der Waals surface area contributed by atoms with Crippen LogP contribution in [0, 0.1) is 0 Å². The Kier molecular flexibility index (Phi) is 5.76. The van der Waals surface area contributed by atoms with Crippen LogP contribution in [0.15, 0.2) is 97.2 Å². The molecule has 0 saturated heterocycles. The maximum Gasteiger partial charge on any atom is 0.359 e. The van der Waals surface area contributed by atoms with Crippen LogP contribution in [0.3, 0.4) is 0 Å². The molecule has 0 bridgehead atoms. The number of rotatable bonds is 7. The zero-order valence-electron chi connectivity index (χ0n) is 17.1. The molecule has 0 fully saturated rings. The van der Waals surface area contributed by atoms with Gasteiger partial charge in [-0.2, -0.15) is 5.10 Å². The zero-order chi connectivity index (χ0) is 21.7. The Hall–Kier alpha value is -3.99. The summed E-state index contributed by atoms with van der Waals surface area (Å²) in [6.45, 7) is 1.92. The molecule has 0 unspecified atom stereocenters. The second-order valence-electron chi connectivity index (χ2n) is 7.02. The van der Waals surface area contributed by atoms with Crippen molar-refractivity contribution in [1.29, 1.82) is 0 Å².